The number of hydrogen-bond donors (Lipinski definition) is 0. The number of hydrogen-bond acceptors (Lipinski definition) is 6. The Balaban J connectivity index is 1.82. The SMILES string of the molecule is COC(=O)C1COC(c2ccc(-c3cccs3)s2)=N1. The van der Waals surface area contributed by atoms with E-state index < -0.39 is 6.04 Å². The number of esters is 1. The highest BCUT2D eigenvalue weighted by Crippen LogP contribution is 2.32. The van der Waals surface area contributed by atoms with Crippen LogP contribution in [0.3, 0.4) is 0 Å². The first-order valence-electron chi connectivity index (χ1n) is 5.70. The molecule has 2 aromatic rings. The van der Waals surface area contributed by atoms with Gasteiger partial charge in [0, 0.05) is 9.75 Å². The number of methoxy groups -OCH3 is 1. The molecule has 1 unspecified atom stereocenters. The molecule has 0 spiro atoms. The third-order valence-corrected chi connectivity index (χ3v) is 4.84. The van der Waals surface area contributed by atoms with Gasteiger partial charge in [-0.25, -0.2) is 9.79 Å². The summed E-state index contributed by atoms with van der Waals surface area (Å²) in [6.45, 7) is 0.258. The summed E-state index contributed by atoms with van der Waals surface area (Å²) >= 11 is 3.31. The first-order chi connectivity index (χ1) is 9.28. The van der Waals surface area contributed by atoms with Gasteiger partial charge in [-0.05, 0) is 23.6 Å². The number of carbonyl (C=O) groups is 1. The van der Waals surface area contributed by atoms with Crippen molar-refractivity contribution in [3.63, 3.8) is 0 Å². The van der Waals surface area contributed by atoms with Gasteiger partial charge in [0.1, 0.15) is 6.61 Å². The molecule has 1 atom stereocenters. The van der Waals surface area contributed by atoms with Crippen LogP contribution in [0.1, 0.15) is 4.88 Å². The topological polar surface area (TPSA) is 47.9 Å². The van der Waals surface area contributed by atoms with Crippen molar-refractivity contribution in [3.8, 4) is 9.75 Å². The van der Waals surface area contributed by atoms with Gasteiger partial charge in [-0.15, -0.1) is 22.7 Å². The van der Waals surface area contributed by atoms with Gasteiger partial charge in [0.25, 0.3) is 0 Å². The molecule has 0 aliphatic carbocycles. The van der Waals surface area contributed by atoms with Crippen LogP contribution < -0.4 is 0 Å². The van der Waals surface area contributed by atoms with Crippen LogP contribution in [0.25, 0.3) is 9.75 Å². The second-order valence-corrected chi connectivity index (χ2v) is 5.96. The fourth-order valence-corrected chi connectivity index (χ4v) is 3.56. The number of nitrogens with zero attached hydrogens (tertiary/aromatic N) is 1. The molecule has 98 valence electrons. The second kappa shape index (κ2) is 5.14. The molecule has 4 nitrogen and oxygen atoms in total. The van der Waals surface area contributed by atoms with Crippen LogP contribution in [-0.2, 0) is 14.3 Å². The minimum absolute atomic E-state index is 0.258. The Morgan fingerprint density at radius 2 is 2.21 bits per heavy atom. The van der Waals surface area contributed by atoms with Crippen molar-refractivity contribution in [2.75, 3.05) is 13.7 Å². The summed E-state index contributed by atoms with van der Waals surface area (Å²) < 4.78 is 10.1. The smallest absolute Gasteiger partial charge is 0.334 e. The van der Waals surface area contributed by atoms with Gasteiger partial charge in [0.2, 0.25) is 5.90 Å². The van der Waals surface area contributed by atoms with E-state index in [1.54, 1.807) is 22.7 Å². The molecule has 1 aliphatic heterocycles. The summed E-state index contributed by atoms with van der Waals surface area (Å²) in [6, 6.07) is 7.58. The van der Waals surface area contributed by atoms with Gasteiger partial charge in [-0.2, -0.15) is 0 Å². The van der Waals surface area contributed by atoms with Crippen molar-refractivity contribution in [2.24, 2.45) is 4.99 Å². The zero-order valence-electron chi connectivity index (χ0n) is 10.2. The fraction of sp³-hybridized carbons (Fsp3) is 0.231. The number of ether oxygens (including phenoxy) is 2. The molecule has 3 heterocycles. The van der Waals surface area contributed by atoms with Gasteiger partial charge in [-0.3, -0.25) is 0 Å². The first kappa shape index (κ1) is 12.4. The molecule has 0 amide bonds. The van der Waals surface area contributed by atoms with E-state index in [4.69, 9.17) is 4.74 Å². The van der Waals surface area contributed by atoms with E-state index >= 15 is 0 Å². The average Bonchev–Trinajstić information content (AvgIpc) is 3.14. The quantitative estimate of drug-likeness (QED) is 0.818. The third-order valence-electron chi connectivity index (χ3n) is 2.71. The van der Waals surface area contributed by atoms with E-state index in [1.165, 1.54) is 16.9 Å². The number of carbonyl (C=O) groups excluding carboxylic acids is 1. The second-order valence-electron chi connectivity index (χ2n) is 3.93. The van der Waals surface area contributed by atoms with Gasteiger partial charge >= 0.3 is 5.97 Å². The molecule has 1 aliphatic rings. The van der Waals surface area contributed by atoms with Gasteiger partial charge in [0.05, 0.1) is 12.0 Å². The van der Waals surface area contributed by atoms with Crippen LogP contribution in [0.4, 0.5) is 0 Å². The highest BCUT2D eigenvalue weighted by atomic mass is 32.1. The summed E-state index contributed by atoms with van der Waals surface area (Å²) in [5.41, 5.74) is 0. The Labute approximate surface area is 118 Å². The van der Waals surface area contributed by atoms with Crippen molar-refractivity contribution in [3.05, 3.63) is 34.5 Å². The van der Waals surface area contributed by atoms with Crippen LogP contribution in [0, 0.1) is 0 Å². The van der Waals surface area contributed by atoms with Crippen LogP contribution in [0.2, 0.25) is 0 Å². The van der Waals surface area contributed by atoms with E-state index in [0.29, 0.717) is 5.90 Å². The minimum atomic E-state index is -0.535. The van der Waals surface area contributed by atoms with Crippen LogP contribution >= 0.6 is 22.7 Å². The lowest BCUT2D eigenvalue weighted by Crippen LogP contribution is -2.21. The van der Waals surface area contributed by atoms with E-state index in [9.17, 15) is 4.79 Å². The van der Waals surface area contributed by atoms with Gasteiger partial charge in [0.15, 0.2) is 6.04 Å². The molecule has 0 fully saturated rings. The average molecular weight is 293 g/mol. The molecule has 0 radical (unpaired) electrons. The molecule has 0 aromatic carbocycles. The molecule has 6 heteroatoms. The highest BCUT2D eigenvalue weighted by Gasteiger charge is 2.27. The zero-order valence-corrected chi connectivity index (χ0v) is 11.8. The van der Waals surface area contributed by atoms with Crippen molar-refractivity contribution in [1.29, 1.82) is 0 Å². The Morgan fingerprint density at radius 3 is 2.95 bits per heavy atom. The molecule has 19 heavy (non-hydrogen) atoms. The standard InChI is InChI=1S/C13H11NO3S2/c1-16-13(15)8-7-17-12(14-8)11-5-4-10(19-11)9-3-2-6-18-9/h2-6,8H,7H2,1H3. The predicted molar refractivity (Wildman–Crippen MR) is 75.9 cm³/mol. The largest absolute Gasteiger partial charge is 0.474 e. The molecule has 2 aromatic heterocycles. The maximum absolute atomic E-state index is 11.4. The van der Waals surface area contributed by atoms with E-state index in [0.717, 1.165) is 4.88 Å². The maximum atomic E-state index is 11.4. The van der Waals surface area contributed by atoms with Crippen molar-refractivity contribution < 1.29 is 14.3 Å². The number of thiophene rings is 2. The molecule has 0 saturated carbocycles. The van der Waals surface area contributed by atoms with Crippen LogP contribution in [-0.4, -0.2) is 31.6 Å². The molecular formula is C13H11NO3S2. The highest BCUT2D eigenvalue weighted by molar-refractivity contribution is 7.22. The Kier molecular flexibility index (Phi) is 3.35. The fourth-order valence-electron chi connectivity index (χ4n) is 1.77. The van der Waals surface area contributed by atoms with Crippen LogP contribution in [0.5, 0.6) is 0 Å². The summed E-state index contributed by atoms with van der Waals surface area (Å²) in [5, 5.41) is 2.05. The first-order valence-corrected chi connectivity index (χ1v) is 7.40. The number of aliphatic imine (C=N–C) groups is 1. The number of rotatable bonds is 3. The maximum Gasteiger partial charge on any atom is 0.334 e. The predicted octanol–water partition coefficient (Wildman–Crippen LogP) is 2.80. The summed E-state index contributed by atoms with van der Waals surface area (Å²) in [7, 11) is 1.36. The minimum Gasteiger partial charge on any atom is -0.474 e. The molecule has 3 rings (SSSR count). The van der Waals surface area contributed by atoms with Gasteiger partial charge < -0.3 is 9.47 Å². The molecule has 0 N–H and O–H groups in total. The van der Waals surface area contributed by atoms with Crippen molar-refractivity contribution in [1.82, 2.24) is 0 Å². The van der Waals surface area contributed by atoms with Crippen molar-refractivity contribution in [2.45, 2.75) is 6.04 Å². The van der Waals surface area contributed by atoms with Crippen molar-refractivity contribution >= 4 is 34.5 Å². The summed E-state index contributed by atoms with van der Waals surface area (Å²) in [6.07, 6.45) is 0. The van der Waals surface area contributed by atoms with Crippen LogP contribution in [0.15, 0.2) is 34.6 Å². The Bertz CT molecular complexity index is 616. The summed E-state index contributed by atoms with van der Waals surface area (Å²) in [4.78, 5) is 19.0. The summed E-state index contributed by atoms with van der Waals surface area (Å²) in [5.74, 6) is 0.174. The molecule has 0 bridgehead atoms. The third kappa shape index (κ3) is 2.41. The lowest BCUT2D eigenvalue weighted by molar-refractivity contribution is -0.142. The lowest BCUT2D eigenvalue weighted by Gasteiger charge is -2.00. The van der Waals surface area contributed by atoms with Gasteiger partial charge in [-0.1, -0.05) is 6.07 Å². The Morgan fingerprint density at radius 1 is 1.37 bits per heavy atom. The molecular weight excluding hydrogens is 282 g/mol. The zero-order chi connectivity index (χ0) is 13.2. The monoisotopic (exact) mass is 293 g/mol. The van der Waals surface area contributed by atoms with E-state index in [1.807, 2.05) is 23.6 Å². The Hall–Kier alpha value is -1.66. The normalized spacial score (nSPS) is 17.9. The lowest BCUT2D eigenvalue weighted by atomic mass is 10.3. The molecule has 0 saturated heterocycles. The van der Waals surface area contributed by atoms with E-state index in [-0.39, 0.29) is 12.6 Å². The van der Waals surface area contributed by atoms with E-state index in [2.05, 4.69) is 15.8 Å².